The first-order chi connectivity index (χ1) is 6.46. The number of hydrogen-bond acceptors (Lipinski definition) is 3. The van der Waals surface area contributed by atoms with Crippen molar-refractivity contribution in [2.24, 2.45) is 0 Å². The van der Waals surface area contributed by atoms with E-state index < -0.39 is 23.9 Å². The molecule has 0 atom stereocenters. The SMILES string of the molecule is CC(C)(C)[Si](F)(F)CCCOS(C)(=O)=O. The maximum atomic E-state index is 13.5. The molecule has 0 saturated carbocycles. The Morgan fingerprint density at radius 1 is 1.27 bits per heavy atom. The number of hydrogen-bond donors (Lipinski definition) is 0. The number of rotatable bonds is 5. The molecule has 0 rings (SSSR count). The van der Waals surface area contributed by atoms with Crippen LogP contribution in [0.25, 0.3) is 0 Å². The zero-order valence-electron chi connectivity index (χ0n) is 9.51. The molecule has 0 saturated heterocycles. The van der Waals surface area contributed by atoms with Crippen LogP contribution < -0.4 is 0 Å². The maximum absolute atomic E-state index is 13.5. The Kier molecular flexibility index (Phi) is 4.88. The molecule has 3 nitrogen and oxygen atoms in total. The van der Waals surface area contributed by atoms with Crippen LogP contribution in [-0.4, -0.2) is 30.0 Å². The van der Waals surface area contributed by atoms with E-state index in [1.807, 2.05) is 0 Å². The average Bonchev–Trinajstić information content (AvgIpc) is 1.94. The minimum absolute atomic E-state index is 0.0869. The summed E-state index contributed by atoms with van der Waals surface area (Å²) in [5.74, 6) is 0. The first kappa shape index (κ1) is 15.0. The van der Waals surface area contributed by atoms with Crippen LogP contribution in [-0.2, 0) is 14.3 Å². The van der Waals surface area contributed by atoms with E-state index in [9.17, 15) is 16.6 Å². The van der Waals surface area contributed by atoms with Gasteiger partial charge in [0.2, 0.25) is 0 Å². The Morgan fingerprint density at radius 2 is 1.73 bits per heavy atom. The largest absolute Gasteiger partial charge is 0.430 e. The molecule has 0 bridgehead atoms. The van der Waals surface area contributed by atoms with E-state index in [2.05, 4.69) is 4.18 Å². The van der Waals surface area contributed by atoms with Gasteiger partial charge in [0, 0.05) is 11.1 Å². The van der Waals surface area contributed by atoms with Crippen molar-refractivity contribution in [2.75, 3.05) is 12.9 Å². The third-order valence-electron chi connectivity index (χ3n) is 2.03. The van der Waals surface area contributed by atoms with E-state index in [4.69, 9.17) is 0 Å². The summed E-state index contributed by atoms with van der Waals surface area (Å²) in [6, 6.07) is -0.230. The molecular weight excluding hydrogens is 242 g/mol. The Hall–Kier alpha value is -0.0131. The molecule has 15 heavy (non-hydrogen) atoms. The fraction of sp³-hybridized carbons (Fsp3) is 1.00. The Bertz CT molecular complexity index is 295. The average molecular weight is 260 g/mol. The van der Waals surface area contributed by atoms with Crippen LogP contribution in [0.3, 0.4) is 0 Å². The molecule has 0 aromatic rings. The van der Waals surface area contributed by atoms with Gasteiger partial charge in [0.05, 0.1) is 12.9 Å². The van der Waals surface area contributed by atoms with Gasteiger partial charge in [-0.3, -0.25) is 12.4 Å². The molecule has 0 unspecified atom stereocenters. The minimum atomic E-state index is -4.28. The van der Waals surface area contributed by atoms with Gasteiger partial charge in [0.25, 0.3) is 10.1 Å². The van der Waals surface area contributed by atoms with Crippen molar-refractivity contribution < 1.29 is 20.8 Å². The highest BCUT2D eigenvalue weighted by Gasteiger charge is 2.47. The van der Waals surface area contributed by atoms with Crippen molar-refractivity contribution in [3.05, 3.63) is 0 Å². The van der Waals surface area contributed by atoms with Crippen LogP contribution in [0.15, 0.2) is 0 Å². The highest BCUT2D eigenvalue weighted by Crippen LogP contribution is 2.41. The van der Waals surface area contributed by atoms with Gasteiger partial charge in [-0.05, 0) is 6.42 Å². The molecule has 0 aromatic heterocycles. The molecule has 0 N–H and O–H groups in total. The Balaban J connectivity index is 3.98. The van der Waals surface area contributed by atoms with E-state index in [1.165, 1.54) is 20.8 Å². The van der Waals surface area contributed by atoms with Crippen LogP contribution >= 0.6 is 0 Å². The molecule has 0 aromatic carbocycles. The van der Waals surface area contributed by atoms with Gasteiger partial charge < -0.3 is 0 Å². The van der Waals surface area contributed by atoms with E-state index in [0.29, 0.717) is 0 Å². The molecule has 0 radical (unpaired) electrons. The fourth-order valence-electron chi connectivity index (χ4n) is 0.879. The van der Waals surface area contributed by atoms with Crippen molar-refractivity contribution in [3.8, 4) is 0 Å². The summed E-state index contributed by atoms with van der Waals surface area (Å²) in [4.78, 5) is 0. The molecule has 0 aliphatic carbocycles. The first-order valence-electron chi connectivity index (χ1n) is 4.68. The lowest BCUT2D eigenvalue weighted by molar-refractivity contribution is 0.316. The topological polar surface area (TPSA) is 43.4 Å². The second kappa shape index (κ2) is 4.88. The van der Waals surface area contributed by atoms with Crippen molar-refractivity contribution in [1.82, 2.24) is 0 Å². The van der Waals surface area contributed by atoms with Gasteiger partial charge in [0.1, 0.15) is 0 Å². The lowest BCUT2D eigenvalue weighted by atomic mass is 10.2. The molecule has 0 spiro atoms. The number of halogens is 2. The van der Waals surface area contributed by atoms with E-state index >= 15 is 0 Å². The predicted molar refractivity (Wildman–Crippen MR) is 57.9 cm³/mol. The quantitative estimate of drug-likeness (QED) is 0.330. The normalized spacial score (nSPS) is 14.3. The minimum Gasteiger partial charge on any atom is -0.270 e. The molecule has 0 aliphatic rings. The Morgan fingerprint density at radius 3 is 2.07 bits per heavy atom. The summed E-state index contributed by atoms with van der Waals surface area (Å²) in [6.07, 6.45) is 0.996. The highest BCUT2D eigenvalue weighted by molar-refractivity contribution is 7.85. The lowest BCUT2D eigenvalue weighted by Gasteiger charge is -2.26. The fourth-order valence-corrected chi connectivity index (χ4v) is 2.64. The molecule has 7 heteroatoms. The highest BCUT2D eigenvalue weighted by atomic mass is 32.2. The zero-order chi connectivity index (χ0) is 12.3. The summed E-state index contributed by atoms with van der Waals surface area (Å²) in [7, 11) is -7.78. The van der Waals surface area contributed by atoms with Gasteiger partial charge in [-0.15, -0.1) is 0 Å². The van der Waals surface area contributed by atoms with Gasteiger partial charge in [-0.25, -0.2) is 0 Å². The third kappa shape index (κ3) is 6.21. The van der Waals surface area contributed by atoms with E-state index in [-0.39, 0.29) is 19.1 Å². The van der Waals surface area contributed by atoms with Gasteiger partial charge >= 0.3 is 8.74 Å². The third-order valence-corrected chi connectivity index (χ3v) is 5.80. The summed E-state index contributed by atoms with van der Waals surface area (Å²) in [5.41, 5.74) is 0. The predicted octanol–water partition coefficient (Wildman–Crippen LogP) is 2.53. The smallest absolute Gasteiger partial charge is 0.270 e. The molecule has 0 aliphatic heterocycles. The van der Waals surface area contributed by atoms with Crippen LogP contribution in [0.2, 0.25) is 11.1 Å². The Labute approximate surface area is 91.3 Å². The molecule has 0 amide bonds. The maximum Gasteiger partial charge on any atom is 0.430 e. The summed E-state index contributed by atoms with van der Waals surface area (Å²) < 4.78 is 52.5. The van der Waals surface area contributed by atoms with Crippen molar-refractivity contribution in [2.45, 2.75) is 38.3 Å². The van der Waals surface area contributed by atoms with Gasteiger partial charge in [0.15, 0.2) is 0 Å². The van der Waals surface area contributed by atoms with Crippen LogP contribution in [0.1, 0.15) is 27.2 Å². The van der Waals surface area contributed by atoms with E-state index in [0.717, 1.165) is 6.26 Å². The van der Waals surface area contributed by atoms with Crippen molar-refractivity contribution in [3.63, 3.8) is 0 Å². The standard InChI is InChI=1S/C8H18F2O3SSi/c1-8(2,3)15(9,10)7-5-6-13-14(4,11)12/h5-7H2,1-4H3. The summed E-state index contributed by atoms with van der Waals surface area (Å²) in [5, 5.41) is -0.974. The summed E-state index contributed by atoms with van der Waals surface area (Å²) in [6.45, 7) is 4.38. The second-order valence-corrected chi connectivity index (χ2v) is 9.64. The lowest BCUT2D eigenvalue weighted by Crippen LogP contribution is -2.34. The molecular formula is C8H18F2O3SSi. The van der Waals surface area contributed by atoms with Crippen molar-refractivity contribution >= 4 is 18.9 Å². The van der Waals surface area contributed by atoms with Crippen molar-refractivity contribution in [1.29, 1.82) is 0 Å². The van der Waals surface area contributed by atoms with E-state index in [1.54, 1.807) is 0 Å². The molecule has 0 fully saturated rings. The van der Waals surface area contributed by atoms with Gasteiger partial charge in [-0.1, -0.05) is 20.8 Å². The van der Waals surface area contributed by atoms with Crippen LogP contribution in [0.4, 0.5) is 8.22 Å². The van der Waals surface area contributed by atoms with Gasteiger partial charge in [-0.2, -0.15) is 8.42 Å². The second-order valence-electron chi connectivity index (χ2n) is 4.58. The summed E-state index contributed by atoms with van der Waals surface area (Å²) >= 11 is 0. The molecule has 0 heterocycles. The van der Waals surface area contributed by atoms with Crippen LogP contribution in [0, 0.1) is 0 Å². The van der Waals surface area contributed by atoms with Crippen LogP contribution in [0.5, 0.6) is 0 Å². The monoisotopic (exact) mass is 260 g/mol. The molecule has 92 valence electrons. The zero-order valence-corrected chi connectivity index (χ0v) is 11.3. The first-order valence-corrected chi connectivity index (χ1v) is 8.46.